The average Bonchev–Trinajstić information content (AvgIpc) is 2.17. The van der Waals surface area contributed by atoms with Crippen LogP contribution >= 0.6 is 0 Å². The summed E-state index contributed by atoms with van der Waals surface area (Å²) < 4.78 is 4.90. The number of rotatable bonds is 4. The van der Waals surface area contributed by atoms with Crippen molar-refractivity contribution in [3.8, 4) is 0 Å². The van der Waals surface area contributed by atoms with Crippen LogP contribution in [-0.4, -0.2) is 30.6 Å². The van der Waals surface area contributed by atoms with E-state index in [2.05, 4.69) is 0 Å². The molecule has 14 heavy (non-hydrogen) atoms. The summed E-state index contributed by atoms with van der Waals surface area (Å²) in [5, 5.41) is 9.13. The molecule has 80 valence electrons. The standard InChI is InChI=1S/C10H16O4/c1-14-7-6-10(9(12)13)4-2-8(11)3-5-10/h2-7H2,1H3,(H,12,13). The molecule has 0 amide bonds. The van der Waals surface area contributed by atoms with E-state index in [4.69, 9.17) is 9.84 Å². The number of methoxy groups -OCH3 is 1. The van der Waals surface area contributed by atoms with Crippen molar-refractivity contribution in [1.29, 1.82) is 0 Å². The van der Waals surface area contributed by atoms with Gasteiger partial charge in [-0.3, -0.25) is 9.59 Å². The van der Waals surface area contributed by atoms with Gasteiger partial charge in [0.05, 0.1) is 5.41 Å². The Morgan fingerprint density at radius 1 is 1.50 bits per heavy atom. The van der Waals surface area contributed by atoms with Crippen molar-refractivity contribution in [1.82, 2.24) is 0 Å². The van der Waals surface area contributed by atoms with E-state index in [1.165, 1.54) is 0 Å². The third-order valence-electron chi connectivity index (χ3n) is 3.00. The monoisotopic (exact) mass is 200 g/mol. The van der Waals surface area contributed by atoms with Crippen LogP contribution in [0.25, 0.3) is 0 Å². The lowest BCUT2D eigenvalue weighted by atomic mass is 9.71. The third kappa shape index (κ3) is 2.32. The zero-order valence-electron chi connectivity index (χ0n) is 8.41. The Bertz CT molecular complexity index is 224. The zero-order chi connectivity index (χ0) is 10.6. The van der Waals surface area contributed by atoms with Crippen LogP contribution in [0.2, 0.25) is 0 Å². The number of carbonyl (C=O) groups is 2. The minimum Gasteiger partial charge on any atom is -0.481 e. The molecule has 0 unspecified atom stereocenters. The van der Waals surface area contributed by atoms with Crippen molar-refractivity contribution in [2.75, 3.05) is 13.7 Å². The molecule has 4 nitrogen and oxygen atoms in total. The van der Waals surface area contributed by atoms with Gasteiger partial charge in [0.15, 0.2) is 0 Å². The minimum atomic E-state index is -0.790. The number of hydrogen-bond acceptors (Lipinski definition) is 3. The maximum absolute atomic E-state index is 11.1. The topological polar surface area (TPSA) is 63.6 Å². The van der Waals surface area contributed by atoms with Crippen LogP contribution in [0, 0.1) is 5.41 Å². The number of aliphatic carboxylic acids is 1. The molecule has 0 spiro atoms. The minimum absolute atomic E-state index is 0.180. The van der Waals surface area contributed by atoms with Crippen molar-refractivity contribution in [3.63, 3.8) is 0 Å². The highest BCUT2D eigenvalue weighted by Gasteiger charge is 2.41. The lowest BCUT2D eigenvalue weighted by Crippen LogP contribution is -2.36. The predicted octanol–water partition coefficient (Wildman–Crippen LogP) is 1.24. The summed E-state index contributed by atoms with van der Waals surface area (Å²) in [6.45, 7) is 0.445. The number of carboxylic acids is 1. The van der Waals surface area contributed by atoms with E-state index >= 15 is 0 Å². The lowest BCUT2D eigenvalue weighted by molar-refractivity contribution is -0.153. The molecule has 0 aromatic heterocycles. The first-order valence-corrected chi connectivity index (χ1v) is 4.85. The molecule has 0 aliphatic heterocycles. The molecule has 1 saturated carbocycles. The molecule has 1 fully saturated rings. The van der Waals surface area contributed by atoms with Crippen molar-refractivity contribution in [2.45, 2.75) is 32.1 Å². The fraction of sp³-hybridized carbons (Fsp3) is 0.800. The van der Waals surface area contributed by atoms with E-state index in [1.807, 2.05) is 0 Å². The Kier molecular flexibility index (Phi) is 3.63. The van der Waals surface area contributed by atoms with Crippen LogP contribution in [0.5, 0.6) is 0 Å². The third-order valence-corrected chi connectivity index (χ3v) is 3.00. The summed E-state index contributed by atoms with van der Waals surface area (Å²) in [4.78, 5) is 22.1. The summed E-state index contributed by atoms with van der Waals surface area (Å²) in [6, 6.07) is 0. The molecule has 4 heteroatoms. The van der Waals surface area contributed by atoms with Crippen LogP contribution in [0.1, 0.15) is 32.1 Å². The van der Waals surface area contributed by atoms with Gasteiger partial charge in [-0.2, -0.15) is 0 Å². The number of carbonyl (C=O) groups excluding carboxylic acids is 1. The number of ether oxygens (including phenoxy) is 1. The van der Waals surface area contributed by atoms with E-state index in [9.17, 15) is 9.59 Å². The van der Waals surface area contributed by atoms with E-state index in [0.29, 0.717) is 38.7 Å². The zero-order valence-corrected chi connectivity index (χ0v) is 8.41. The maximum atomic E-state index is 11.1. The molecular formula is C10H16O4. The SMILES string of the molecule is COCCC1(C(=O)O)CCC(=O)CC1. The molecule has 0 heterocycles. The molecular weight excluding hydrogens is 184 g/mol. The van der Waals surface area contributed by atoms with Crippen LogP contribution in [0.3, 0.4) is 0 Å². The highest BCUT2D eigenvalue weighted by atomic mass is 16.5. The van der Waals surface area contributed by atoms with Gasteiger partial charge < -0.3 is 9.84 Å². The Morgan fingerprint density at radius 3 is 2.50 bits per heavy atom. The number of hydrogen-bond donors (Lipinski definition) is 1. The van der Waals surface area contributed by atoms with E-state index < -0.39 is 11.4 Å². The van der Waals surface area contributed by atoms with Crippen molar-refractivity contribution in [2.24, 2.45) is 5.41 Å². The van der Waals surface area contributed by atoms with Gasteiger partial charge in [0.1, 0.15) is 5.78 Å². The quantitative estimate of drug-likeness (QED) is 0.741. The molecule has 0 bridgehead atoms. The maximum Gasteiger partial charge on any atom is 0.309 e. The van der Waals surface area contributed by atoms with E-state index in [1.54, 1.807) is 7.11 Å². The molecule has 0 aromatic rings. The molecule has 0 atom stereocenters. The van der Waals surface area contributed by atoms with Gasteiger partial charge >= 0.3 is 5.97 Å². The fourth-order valence-electron chi connectivity index (χ4n) is 1.88. The average molecular weight is 200 g/mol. The lowest BCUT2D eigenvalue weighted by Gasteiger charge is -2.32. The van der Waals surface area contributed by atoms with Gasteiger partial charge in [0, 0.05) is 26.6 Å². The second-order valence-corrected chi connectivity index (χ2v) is 3.87. The Labute approximate surface area is 83.2 Å². The van der Waals surface area contributed by atoms with Gasteiger partial charge in [0.2, 0.25) is 0 Å². The number of Topliss-reactive ketones (excluding diaryl/α,β-unsaturated/α-hetero) is 1. The van der Waals surface area contributed by atoms with Gasteiger partial charge in [-0.1, -0.05) is 0 Å². The normalized spacial score (nSPS) is 20.8. The van der Waals surface area contributed by atoms with Crippen LogP contribution in [-0.2, 0) is 14.3 Å². The first-order valence-electron chi connectivity index (χ1n) is 4.85. The predicted molar refractivity (Wildman–Crippen MR) is 50.0 cm³/mol. The first-order chi connectivity index (χ1) is 6.60. The van der Waals surface area contributed by atoms with Gasteiger partial charge in [-0.05, 0) is 19.3 Å². The van der Waals surface area contributed by atoms with Gasteiger partial charge in [0.25, 0.3) is 0 Å². The van der Waals surface area contributed by atoms with Gasteiger partial charge in [-0.15, -0.1) is 0 Å². The van der Waals surface area contributed by atoms with Crippen molar-refractivity contribution in [3.05, 3.63) is 0 Å². The summed E-state index contributed by atoms with van der Waals surface area (Å²) in [7, 11) is 1.56. The number of ketones is 1. The molecule has 1 N–H and O–H groups in total. The molecule has 1 aliphatic rings. The molecule has 0 radical (unpaired) electrons. The molecule has 0 saturated heterocycles. The summed E-state index contributed by atoms with van der Waals surface area (Å²) >= 11 is 0. The smallest absolute Gasteiger partial charge is 0.309 e. The van der Waals surface area contributed by atoms with Crippen molar-refractivity contribution >= 4 is 11.8 Å². The van der Waals surface area contributed by atoms with Crippen LogP contribution in [0.15, 0.2) is 0 Å². The van der Waals surface area contributed by atoms with Crippen LogP contribution < -0.4 is 0 Å². The number of carboxylic acid groups (broad SMARTS) is 1. The molecule has 0 aromatic carbocycles. The highest BCUT2D eigenvalue weighted by Crippen LogP contribution is 2.38. The van der Waals surface area contributed by atoms with Crippen molar-refractivity contribution < 1.29 is 19.4 Å². The second kappa shape index (κ2) is 4.55. The summed E-state index contributed by atoms with van der Waals surface area (Å²) in [5.74, 6) is -0.610. The summed E-state index contributed by atoms with van der Waals surface area (Å²) in [6.07, 6.45) is 2.23. The Hall–Kier alpha value is -0.900. The largest absolute Gasteiger partial charge is 0.481 e. The van der Waals surface area contributed by atoms with E-state index in [0.717, 1.165) is 0 Å². The summed E-state index contributed by atoms with van der Waals surface area (Å²) in [5.41, 5.74) is -0.718. The Balaban J connectivity index is 2.63. The molecule has 1 aliphatic carbocycles. The fourth-order valence-corrected chi connectivity index (χ4v) is 1.88. The first kappa shape index (κ1) is 11.2. The van der Waals surface area contributed by atoms with Crippen LogP contribution in [0.4, 0.5) is 0 Å². The molecule has 1 rings (SSSR count). The second-order valence-electron chi connectivity index (χ2n) is 3.87. The van der Waals surface area contributed by atoms with Gasteiger partial charge in [-0.25, -0.2) is 0 Å². The Morgan fingerprint density at radius 2 is 2.07 bits per heavy atom. The van der Waals surface area contributed by atoms with E-state index in [-0.39, 0.29) is 5.78 Å². The highest BCUT2D eigenvalue weighted by molar-refractivity contribution is 5.83.